The number of para-hydroxylation sites is 1. The van der Waals surface area contributed by atoms with Crippen molar-refractivity contribution in [1.29, 1.82) is 0 Å². The Hall–Kier alpha value is -3.35. The molecule has 0 bridgehead atoms. The zero-order valence-corrected chi connectivity index (χ0v) is 20.3. The van der Waals surface area contributed by atoms with Crippen molar-refractivity contribution in [3.05, 3.63) is 99.5 Å². The second-order valence-electron chi connectivity index (χ2n) is 7.89. The molecular weight excluding hydrogens is 473 g/mol. The number of benzene rings is 3. The molecule has 6 nitrogen and oxygen atoms in total. The summed E-state index contributed by atoms with van der Waals surface area (Å²) in [6.07, 6.45) is 1.51. The molecule has 0 saturated heterocycles. The normalized spacial score (nSPS) is 11.9. The van der Waals surface area contributed by atoms with Crippen molar-refractivity contribution in [2.24, 2.45) is 11.0 Å². The number of hydrazone groups is 1. The van der Waals surface area contributed by atoms with Crippen molar-refractivity contribution in [3.8, 4) is 5.75 Å². The molecule has 0 aromatic heterocycles. The highest BCUT2D eigenvalue weighted by Crippen LogP contribution is 2.18. The molecule has 0 saturated carbocycles. The maximum absolute atomic E-state index is 12.7. The molecular formula is C26H25Cl2N3O3. The van der Waals surface area contributed by atoms with Gasteiger partial charge in [0.05, 0.1) is 6.21 Å². The minimum absolute atomic E-state index is 0.151. The fourth-order valence-corrected chi connectivity index (χ4v) is 3.31. The van der Waals surface area contributed by atoms with E-state index >= 15 is 0 Å². The van der Waals surface area contributed by atoms with Crippen LogP contribution in [0.3, 0.4) is 0 Å². The summed E-state index contributed by atoms with van der Waals surface area (Å²) in [6.45, 7) is 4.05. The number of halogens is 2. The lowest BCUT2D eigenvalue weighted by Gasteiger charge is -2.20. The number of nitrogens with one attached hydrogen (secondary N) is 2. The number of carbonyl (C=O) groups is 2. The van der Waals surface area contributed by atoms with Crippen LogP contribution in [0.4, 0.5) is 0 Å². The van der Waals surface area contributed by atoms with Crippen LogP contribution in [0.15, 0.2) is 77.9 Å². The van der Waals surface area contributed by atoms with E-state index in [1.807, 2.05) is 50.2 Å². The first-order chi connectivity index (χ1) is 16.3. The average molecular weight is 498 g/mol. The predicted molar refractivity (Wildman–Crippen MR) is 136 cm³/mol. The first-order valence-electron chi connectivity index (χ1n) is 10.7. The number of amides is 2. The van der Waals surface area contributed by atoms with E-state index in [1.54, 1.807) is 36.4 Å². The Morgan fingerprint density at radius 1 is 0.941 bits per heavy atom. The van der Waals surface area contributed by atoms with Gasteiger partial charge in [-0.25, -0.2) is 5.43 Å². The summed E-state index contributed by atoms with van der Waals surface area (Å²) in [4.78, 5) is 25.2. The highest BCUT2D eigenvalue weighted by Gasteiger charge is 2.24. The third-order valence-electron chi connectivity index (χ3n) is 4.95. The van der Waals surface area contributed by atoms with Gasteiger partial charge in [-0.3, -0.25) is 9.59 Å². The Morgan fingerprint density at radius 3 is 2.21 bits per heavy atom. The van der Waals surface area contributed by atoms with Gasteiger partial charge in [0, 0.05) is 21.2 Å². The first-order valence-corrected chi connectivity index (χ1v) is 11.4. The van der Waals surface area contributed by atoms with E-state index in [4.69, 9.17) is 27.9 Å². The molecule has 2 amide bonds. The topological polar surface area (TPSA) is 79.8 Å². The van der Waals surface area contributed by atoms with E-state index in [2.05, 4.69) is 15.8 Å². The molecule has 0 aliphatic carbocycles. The van der Waals surface area contributed by atoms with Crippen LogP contribution in [-0.4, -0.2) is 24.1 Å². The van der Waals surface area contributed by atoms with Crippen LogP contribution >= 0.6 is 23.2 Å². The van der Waals surface area contributed by atoms with Crippen molar-refractivity contribution < 1.29 is 14.3 Å². The third kappa shape index (κ3) is 7.33. The number of carbonyl (C=O) groups excluding carboxylic acids is 2. The third-order valence-corrected chi connectivity index (χ3v) is 5.45. The number of ether oxygens (including phenoxy) is 1. The Kier molecular flexibility index (Phi) is 9.08. The first kappa shape index (κ1) is 25.3. The molecule has 0 spiro atoms. The molecule has 3 aromatic rings. The highest BCUT2D eigenvalue weighted by atomic mass is 35.5. The van der Waals surface area contributed by atoms with Crippen LogP contribution in [0.2, 0.25) is 10.0 Å². The van der Waals surface area contributed by atoms with Crippen molar-refractivity contribution in [2.45, 2.75) is 26.5 Å². The lowest BCUT2D eigenvalue weighted by Crippen LogP contribution is -2.48. The molecule has 176 valence electrons. The fraction of sp³-hybridized carbons (Fsp3) is 0.192. The Balaban J connectivity index is 1.61. The van der Waals surface area contributed by atoms with E-state index in [9.17, 15) is 9.59 Å². The summed E-state index contributed by atoms with van der Waals surface area (Å²) >= 11 is 11.8. The van der Waals surface area contributed by atoms with Crippen LogP contribution in [0.25, 0.3) is 0 Å². The minimum Gasteiger partial charge on any atom is -0.488 e. The van der Waals surface area contributed by atoms with Crippen LogP contribution in [0.1, 0.15) is 35.3 Å². The monoisotopic (exact) mass is 497 g/mol. The SMILES string of the molecule is CC(C)C(NC(=O)c1ccc(Cl)cc1)C(=O)NN=Cc1ccccc1OCc1ccc(Cl)cc1. The average Bonchev–Trinajstić information content (AvgIpc) is 2.83. The van der Waals surface area contributed by atoms with E-state index in [0.29, 0.717) is 33.5 Å². The number of rotatable bonds is 9. The van der Waals surface area contributed by atoms with E-state index in [0.717, 1.165) is 5.56 Å². The van der Waals surface area contributed by atoms with Crippen LogP contribution in [-0.2, 0) is 11.4 Å². The van der Waals surface area contributed by atoms with Gasteiger partial charge < -0.3 is 10.1 Å². The Labute approximate surface area is 208 Å². The lowest BCUT2D eigenvalue weighted by atomic mass is 10.0. The van der Waals surface area contributed by atoms with Gasteiger partial charge >= 0.3 is 0 Å². The summed E-state index contributed by atoms with van der Waals surface area (Å²) in [5, 5.41) is 8.02. The second-order valence-corrected chi connectivity index (χ2v) is 8.76. The molecule has 3 rings (SSSR count). The molecule has 1 atom stereocenters. The van der Waals surface area contributed by atoms with Crippen LogP contribution < -0.4 is 15.5 Å². The molecule has 3 aromatic carbocycles. The van der Waals surface area contributed by atoms with E-state index in [-0.39, 0.29) is 11.8 Å². The molecule has 0 heterocycles. The molecule has 1 unspecified atom stereocenters. The number of hydrogen-bond acceptors (Lipinski definition) is 4. The van der Waals surface area contributed by atoms with E-state index in [1.165, 1.54) is 6.21 Å². The van der Waals surface area contributed by atoms with Gasteiger partial charge in [0.1, 0.15) is 18.4 Å². The summed E-state index contributed by atoms with van der Waals surface area (Å²) in [6, 6.07) is 20.4. The molecule has 8 heteroatoms. The van der Waals surface area contributed by atoms with Crippen molar-refractivity contribution in [3.63, 3.8) is 0 Å². The second kappa shape index (κ2) is 12.2. The summed E-state index contributed by atoms with van der Waals surface area (Å²) in [7, 11) is 0. The highest BCUT2D eigenvalue weighted by molar-refractivity contribution is 6.30. The molecule has 2 N–H and O–H groups in total. The van der Waals surface area contributed by atoms with Gasteiger partial charge in [0.25, 0.3) is 11.8 Å². The maximum Gasteiger partial charge on any atom is 0.262 e. The predicted octanol–water partition coefficient (Wildman–Crippen LogP) is 5.48. The summed E-state index contributed by atoms with van der Waals surface area (Å²) < 4.78 is 5.90. The van der Waals surface area contributed by atoms with Gasteiger partial charge in [0.2, 0.25) is 0 Å². The maximum atomic E-state index is 12.7. The van der Waals surface area contributed by atoms with Crippen molar-refractivity contribution >= 4 is 41.2 Å². The standard InChI is InChI=1S/C26H25Cl2N3O3/c1-17(2)24(30-25(32)19-9-13-22(28)14-10-19)26(33)31-29-15-20-5-3-4-6-23(20)34-16-18-7-11-21(27)12-8-18/h3-15,17,24H,16H2,1-2H3,(H,30,32)(H,31,33). The molecule has 34 heavy (non-hydrogen) atoms. The number of nitrogens with zero attached hydrogens (tertiary/aromatic N) is 1. The van der Waals surface area contributed by atoms with Crippen molar-refractivity contribution in [2.75, 3.05) is 0 Å². The van der Waals surface area contributed by atoms with Crippen LogP contribution in [0, 0.1) is 5.92 Å². The van der Waals surface area contributed by atoms with Gasteiger partial charge in [-0.15, -0.1) is 0 Å². The quantitative estimate of drug-likeness (QED) is 0.303. The zero-order valence-electron chi connectivity index (χ0n) is 18.8. The van der Waals surface area contributed by atoms with Crippen LogP contribution in [0.5, 0.6) is 5.75 Å². The summed E-state index contributed by atoms with van der Waals surface area (Å²) in [5.74, 6) is -0.322. The van der Waals surface area contributed by atoms with Gasteiger partial charge in [-0.2, -0.15) is 5.10 Å². The summed E-state index contributed by atoms with van der Waals surface area (Å²) in [5.41, 5.74) is 4.60. The van der Waals surface area contributed by atoms with E-state index < -0.39 is 11.9 Å². The van der Waals surface area contributed by atoms with Gasteiger partial charge in [-0.1, -0.05) is 61.3 Å². The molecule has 0 aliphatic rings. The number of hydrogen-bond donors (Lipinski definition) is 2. The zero-order chi connectivity index (χ0) is 24.5. The minimum atomic E-state index is -0.767. The lowest BCUT2D eigenvalue weighted by molar-refractivity contribution is -0.123. The molecule has 0 fully saturated rings. The fourth-order valence-electron chi connectivity index (χ4n) is 3.06. The smallest absolute Gasteiger partial charge is 0.262 e. The Bertz CT molecular complexity index is 1150. The Morgan fingerprint density at radius 2 is 1.56 bits per heavy atom. The molecule has 0 radical (unpaired) electrons. The van der Waals surface area contributed by atoms with Gasteiger partial charge in [-0.05, 0) is 60.0 Å². The van der Waals surface area contributed by atoms with Gasteiger partial charge in [0.15, 0.2) is 0 Å². The largest absolute Gasteiger partial charge is 0.488 e. The molecule has 0 aliphatic heterocycles. The van der Waals surface area contributed by atoms with Crippen molar-refractivity contribution in [1.82, 2.24) is 10.7 Å².